The molecule has 0 aliphatic carbocycles. The molecule has 1 aromatic rings. The van der Waals surface area contributed by atoms with Crippen molar-refractivity contribution in [2.75, 3.05) is 12.4 Å². The third-order valence-corrected chi connectivity index (χ3v) is 2.16. The predicted octanol–water partition coefficient (Wildman–Crippen LogP) is 2.88. The maximum Gasteiger partial charge on any atom is 0.412 e. The normalized spacial score (nSPS) is 10.8. The van der Waals surface area contributed by atoms with E-state index in [0.717, 1.165) is 12.1 Å². The average Bonchev–Trinajstić information content (AvgIpc) is 2.25. The lowest BCUT2D eigenvalue weighted by atomic mass is 10.1. The van der Waals surface area contributed by atoms with Gasteiger partial charge in [0.05, 0.1) is 18.4 Å². The summed E-state index contributed by atoms with van der Waals surface area (Å²) < 4.78 is 23.2. The molecule has 1 aromatic carbocycles. The quantitative estimate of drug-likeness (QED) is 0.892. The smallest absolute Gasteiger partial charge is 0.412 e. The first kappa shape index (κ1) is 15.7. The minimum Gasteiger partial charge on any atom is -0.494 e. The molecule has 0 unspecified atom stereocenters. The van der Waals surface area contributed by atoms with Crippen LogP contribution in [0.2, 0.25) is 0 Å². The molecule has 1 rings (SSSR count). The number of nitrogens with one attached hydrogen (secondary N) is 1. The Morgan fingerprint density at radius 1 is 1.30 bits per heavy atom. The molecule has 0 atom stereocenters. The monoisotopic (exact) mass is 285 g/mol. The van der Waals surface area contributed by atoms with Gasteiger partial charge in [-0.25, -0.2) is 14.0 Å². The largest absolute Gasteiger partial charge is 0.494 e. The highest BCUT2D eigenvalue weighted by Crippen LogP contribution is 2.26. The zero-order valence-electron chi connectivity index (χ0n) is 11.6. The molecule has 110 valence electrons. The van der Waals surface area contributed by atoms with Crippen molar-refractivity contribution >= 4 is 17.7 Å². The number of carboxylic acids is 1. The van der Waals surface area contributed by atoms with Crippen molar-refractivity contribution in [3.05, 3.63) is 23.5 Å². The van der Waals surface area contributed by atoms with Crippen molar-refractivity contribution in [2.24, 2.45) is 0 Å². The average molecular weight is 285 g/mol. The van der Waals surface area contributed by atoms with Gasteiger partial charge in [0.2, 0.25) is 0 Å². The molecule has 20 heavy (non-hydrogen) atoms. The van der Waals surface area contributed by atoms with E-state index in [2.05, 4.69) is 5.32 Å². The van der Waals surface area contributed by atoms with Crippen LogP contribution in [-0.2, 0) is 4.74 Å². The number of carboxylic acid groups (broad SMARTS) is 1. The molecule has 2 N–H and O–H groups in total. The van der Waals surface area contributed by atoms with Gasteiger partial charge in [-0.2, -0.15) is 0 Å². The minimum atomic E-state index is -1.32. The molecule has 0 aliphatic rings. The van der Waals surface area contributed by atoms with Crippen molar-refractivity contribution in [3.63, 3.8) is 0 Å². The van der Waals surface area contributed by atoms with Crippen molar-refractivity contribution in [1.82, 2.24) is 0 Å². The lowest BCUT2D eigenvalue weighted by molar-refractivity contribution is 0.0636. The van der Waals surface area contributed by atoms with Crippen molar-refractivity contribution in [2.45, 2.75) is 26.4 Å². The summed E-state index contributed by atoms with van der Waals surface area (Å²) >= 11 is 0. The van der Waals surface area contributed by atoms with Crippen LogP contribution in [0.4, 0.5) is 14.9 Å². The van der Waals surface area contributed by atoms with Gasteiger partial charge in [-0.15, -0.1) is 0 Å². The number of amides is 1. The number of carbonyl (C=O) groups excluding carboxylic acids is 1. The lowest BCUT2D eigenvalue weighted by Crippen LogP contribution is -2.27. The Hall–Kier alpha value is -2.31. The van der Waals surface area contributed by atoms with Gasteiger partial charge in [0.15, 0.2) is 11.6 Å². The van der Waals surface area contributed by atoms with Crippen LogP contribution in [-0.4, -0.2) is 29.9 Å². The molecule has 7 heteroatoms. The number of aromatic carboxylic acids is 1. The number of benzene rings is 1. The predicted molar refractivity (Wildman–Crippen MR) is 69.8 cm³/mol. The van der Waals surface area contributed by atoms with E-state index in [1.54, 1.807) is 20.8 Å². The maximum absolute atomic E-state index is 13.6. The fourth-order valence-electron chi connectivity index (χ4n) is 1.40. The van der Waals surface area contributed by atoms with Gasteiger partial charge in [0, 0.05) is 6.07 Å². The lowest BCUT2D eigenvalue weighted by Gasteiger charge is -2.20. The standard InChI is InChI=1S/C13H16FNO5/c1-13(2,3)20-12(18)15-9-6-8(14)10(19-4)5-7(9)11(16)17/h5-6H,1-4H3,(H,15,18)(H,16,17). The Morgan fingerprint density at radius 2 is 1.90 bits per heavy atom. The van der Waals surface area contributed by atoms with E-state index >= 15 is 0 Å². The number of rotatable bonds is 3. The molecule has 0 spiro atoms. The number of hydrogen-bond donors (Lipinski definition) is 2. The molecule has 0 saturated heterocycles. The third-order valence-electron chi connectivity index (χ3n) is 2.16. The highest BCUT2D eigenvalue weighted by molar-refractivity contribution is 5.99. The summed E-state index contributed by atoms with van der Waals surface area (Å²) in [6.45, 7) is 4.96. The van der Waals surface area contributed by atoms with Gasteiger partial charge in [-0.1, -0.05) is 0 Å². The fourth-order valence-corrected chi connectivity index (χ4v) is 1.40. The second-order valence-corrected chi connectivity index (χ2v) is 4.96. The summed E-state index contributed by atoms with van der Waals surface area (Å²) in [4.78, 5) is 22.7. The van der Waals surface area contributed by atoms with E-state index < -0.39 is 23.5 Å². The highest BCUT2D eigenvalue weighted by Gasteiger charge is 2.21. The molecule has 0 aromatic heterocycles. The summed E-state index contributed by atoms with van der Waals surface area (Å²) in [5, 5.41) is 11.3. The number of ether oxygens (including phenoxy) is 2. The van der Waals surface area contributed by atoms with E-state index in [1.807, 2.05) is 0 Å². The molecule has 6 nitrogen and oxygen atoms in total. The fraction of sp³-hybridized carbons (Fsp3) is 0.385. The van der Waals surface area contributed by atoms with E-state index in [0.29, 0.717) is 0 Å². The Balaban J connectivity index is 3.08. The molecule has 0 heterocycles. The summed E-state index contributed by atoms with van der Waals surface area (Å²) in [5.41, 5.74) is -1.25. The van der Waals surface area contributed by atoms with E-state index in [4.69, 9.17) is 14.6 Å². The van der Waals surface area contributed by atoms with Crippen molar-refractivity contribution in [3.8, 4) is 5.75 Å². The Bertz CT molecular complexity index is 536. The van der Waals surface area contributed by atoms with E-state index in [1.165, 1.54) is 7.11 Å². The first-order valence-electron chi connectivity index (χ1n) is 5.75. The number of carbonyl (C=O) groups is 2. The van der Waals surface area contributed by atoms with Crippen LogP contribution in [0.15, 0.2) is 12.1 Å². The summed E-state index contributed by atoms with van der Waals surface area (Å²) in [7, 11) is 1.21. The number of anilines is 1. The van der Waals surface area contributed by atoms with Gasteiger partial charge < -0.3 is 14.6 Å². The second-order valence-electron chi connectivity index (χ2n) is 4.96. The third kappa shape index (κ3) is 4.11. The molecular weight excluding hydrogens is 269 g/mol. The van der Waals surface area contributed by atoms with Gasteiger partial charge >= 0.3 is 12.1 Å². The number of halogens is 1. The van der Waals surface area contributed by atoms with Crippen molar-refractivity contribution < 1.29 is 28.6 Å². The molecule has 1 amide bonds. The SMILES string of the molecule is COc1cc(C(=O)O)c(NC(=O)OC(C)(C)C)cc1F. The van der Waals surface area contributed by atoms with Gasteiger partial charge in [0.1, 0.15) is 5.60 Å². The molecule has 0 bridgehead atoms. The van der Waals surface area contributed by atoms with Crippen LogP contribution < -0.4 is 10.1 Å². The zero-order valence-corrected chi connectivity index (χ0v) is 11.6. The second kappa shape index (κ2) is 5.77. The number of hydrogen-bond acceptors (Lipinski definition) is 4. The van der Waals surface area contributed by atoms with Gasteiger partial charge in [-0.05, 0) is 26.8 Å². The van der Waals surface area contributed by atoms with Crippen molar-refractivity contribution in [1.29, 1.82) is 0 Å². The minimum absolute atomic E-state index is 0.204. The topological polar surface area (TPSA) is 84.9 Å². The maximum atomic E-state index is 13.6. The van der Waals surface area contributed by atoms with Crippen LogP contribution >= 0.6 is 0 Å². The highest BCUT2D eigenvalue weighted by atomic mass is 19.1. The van der Waals surface area contributed by atoms with Gasteiger partial charge in [-0.3, -0.25) is 5.32 Å². The summed E-state index contributed by atoms with van der Waals surface area (Å²) in [6, 6.07) is 1.86. The van der Waals surface area contributed by atoms with E-state index in [9.17, 15) is 14.0 Å². The first-order valence-corrected chi connectivity index (χ1v) is 5.75. The molecule has 0 fully saturated rings. The molecule has 0 saturated carbocycles. The summed E-state index contributed by atoms with van der Waals surface area (Å²) in [5.74, 6) is -2.34. The summed E-state index contributed by atoms with van der Waals surface area (Å²) in [6.07, 6.45) is -0.871. The van der Waals surface area contributed by atoms with Gasteiger partial charge in [0.25, 0.3) is 0 Å². The van der Waals surface area contributed by atoms with Crippen LogP contribution in [0.5, 0.6) is 5.75 Å². The Morgan fingerprint density at radius 3 is 2.35 bits per heavy atom. The first-order chi connectivity index (χ1) is 9.14. The molecule has 0 radical (unpaired) electrons. The zero-order chi connectivity index (χ0) is 15.5. The Kier molecular flexibility index (Phi) is 4.54. The Labute approximate surface area is 115 Å². The molecular formula is C13H16FNO5. The van der Waals surface area contributed by atoms with Crippen LogP contribution in [0.1, 0.15) is 31.1 Å². The van der Waals surface area contributed by atoms with Crippen LogP contribution in [0.25, 0.3) is 0 Å². The molecule has 0 aliphatic heterocycles. The van der Waals surface area contributed by atoms with Crippen LogP contribution in [0.3, 0.4) is 0 Å². The van der Waals surface area contributed by atoms with Crippen LogP contribution in [0, 0.1) is 5.82 Å². The van der Waals surface area contributed by atoms with E-state index in [-0.39, 0.29) is 17.0 Å². The number of methoxy groups -OCH3 is 1.